The minimum Gasteiger partial charge on any atom is -0.478 e. The molecule has 0 saturated carbocycles. The van der Waals surface area contributed by atoms with E-state index in [1.807, 2.05) is 19.1 Å². The summed E-state index contributed by atoms with van der Waals surface area (Å²) in [5.41, 5.74) is 11.3. The van der Waals surface area contributed by atoms with E-state index in [-0.39, 0.29) is 56.5 Å². The van der Waals surface area contributed by atoms with Crippen LogP contribution >= 0.6 is 23.2 Å². The number of benzene rings is 5. The lowest BCUT2D eigenvalue weighted by Gasteiger charge is -2.17. The highest BCUT2D eigenvalue weighted by atomic mass is 35.5. The standard InChI is InChI=1S/C17H14ClN3O4.C15H14ClN3O3.C7H6N2O4/c1-10(11-3-5-12(18)6-4-11)20-16(22)14-8-7-13(21(24)25)9-15(14)19(2)17(20)23;1-9(10-2-4-11(16)5-3-10)18-15(20)13-7-6-12(19(21)22)8-14(13)17;8-6-3-4(9(12)13)1-2-5(6)7(10)11/h3-10H,1-2H3;2-9H,17H2,1H3,(H,18,20);1-3H,8H2,(H,10,11)/t10-;9-;/m11./s1. The first-order valence-electron chi connectivity index (χ1n) is 17.2. The number of nitrogens with one attached hydrogen (secondary N) is 1. The summed E-state index contributed by atoms with van der Waals surface area (Å²) in [5, 5.41) is 44.6. The van der Waals surface area contributed by atoms with E-state index in [0.29, 0.717) is 10.0 Å². The predicted octanol–water partition coefficient (Wildman–Crippen LogP) is 7.07. The maximum absolute atomic E-state index is 12.8. The summed E-state index contributed by atoms with van der Waals surface area (Å²) in [6.45, 7) is 3.56. The summed E-state index contributed by atoms with van der Waals surface area (Å²) in [6.07, 6.45) is 0. The average Bonchev–Trinajstić information content (AvgIpc) is 3.20. The lowest BCUT2D eigenvalue weighted by molar-refractivity contribution is -0.385. The fraction of sp³-hybridized carbons (Fsp3) is 0.128. The Morgan fingerprint density at radius 1 is 0.683 bits per heavy atom. The van der Waals surface area contributed by atoms with Gasteiger partial charge in [-0.2, -0.15) is 0 Å². The summed E-state index contributed by atoms with van der Waals surface area (Å²) in [5.74, 6) is -1.60. The van der Waals surface area contributed by atoms with E-state index < -0.39 is 43.9 Å². The number of amides is 1. The summed E-state index contributed by atoms with van der Waals surface area (Å²) >= 11 is 11.7. The van der Waals surface area contributed by atoms with Crippen LogP contribution in [0.2, 0.25) is 10.0 Å². The van der Waals surface area contributed by atoms with Crippen LogP contribution < -0.4 is 28.0 Å². The summed E-state index contributed by atoms with van der Waals surface area (Å²) < 4.78 is 2.38. The third-order valence-electron chi connectivity index (χ3n) is 8.92. The Bertz CT molecular complexity index is 2760. The van der Waals surface area contributed by atoms with Gasteiger partial charge in [-0.05, 0) is 67.4 Å². The largest absolute Gasteiger partial charge is 0.478 e. The Morgan fingerprint density at radius 3 is 1.57 bits per heavy atom. The third kappa shape index (κ3) is 10.6. The van der Waals surface area contributed by atoms with Gasteiger partial charge in [0.2, 0.25) is 0 Å². The van der Waals surface area contributed by atoms with Gasteiger partial charge in [0.1, 0.15) is 0 Å². The Kier molecular flexibility index (Phi) is 14.4. The van der Waals surface area contributed by atoms with Gasteiger partial charge in [-0.15, -0.1) is 0 Å². The molecule has 6 rings (SSSR count). The van der Waals surface area contributed by atoms with Crippen LogP contribution in [0, 0.1) is 30.3 Å². The number of carbonyl (C=O) groups excluding carboxylic acids is 1. The number of carbonyl (C=O) groups is 2. The number of nitro groups is 3. The van der Waals surface area contributed by atoms with Crippen molar-refractivity contribution in [1.82, 2.24) is 14.5 Å². The van der Waals surface area contributed by atoms with Crippen molar-refractivity contribution in [2.75, 3.05) is 11.5 Å². The number of aromatic carboxylic acids is 1. The lowest BCUT2D eigenvalue weighted by atomic mass is 10.1. The smallest absolute Gasteiger partial charge is 0.337 e. The molecule has 5 aromatic carbocycles. The van der Waals surface area contributed by atoms with Crippen molar-refractivity contribution in [2.45, 2.75) is 25.9 Å². The van der Waals surface area contributed by atoms with E-state index in [4.69, 9.17) is 39.8 Å². The minimum atomic E-state index is -1.20. The number of nitro benzene ring substituents is 3. The molecule has 19 nitrogen and oxygen atoms in total. The zero-order valence-corrected chi connectivity index (χ0v) is 33.2. The van der Waals surface area contributed by atoms with Gasteiger partial charge in [0.25, 0.3) is 28.5 Å². The van der Waals surface area contributed by atoms with Crippen molar-refractivity contribution in [3.8, 4) is 0 Å². The van der Waals surface area contributed by atoms with Crippen LogP contribution in [0.3, 0.4) is 0 Å². The first kappa shape index (κ1) is 45.1. The van der Waals surface area contributed by atoms with Crippen LogP contribution in [0.4, 0.5) is 28.4 Å². The van der Waals surface area contributed by atoms with Crippen LogP contribution in [-0.4, -0.2) is 40.9 Å². The number of hydrogen-bond acceptors (Lipinski definition) is 12. The number of fused-ring (bicyclic) bond motifs is 1. The molecule has 0 aliphatic heterocycles. The van der Waals surface area contributed by atoms with E-state index in [0.717, 1.165) is 33.9 Å². The van der Waals surface area contributed by atoms with Gasteiger partial charge in [-0.3, -0.25) is 49.1 Å². The van der Waals surface area contributed by atoms with Crippen LogP contribution in [0.25, 0.3) is 10.9 Å². The number of carboxylic acid groups (broad SMARTS) is 1. The Hall–Kier alpha value is -7.64. The minimum absolute atomic E-state index is 0.0648. The molecule has 0 aliphatic rings. The molecular formula is C39H34Cl2N8O11. The van der Waals surface area contributed by atoms with Gasteiger partial charge in [-0.25, -0.2) is 9.59 Å². The van der Waals surface area contributed by atoms with Crippen LogP contribution in [-0.2, 0) is 7.05 Å². The van der Waals surface area contributed by atoms with Crippen molar-refractivity contribution >= 4 is 74.4 Å². The fourth-order valence-electron chi connectivity index (χ4n) is 5.64. The number of hydrogen-bond donors (Lipinski definition) is 4. The Labute approximate surface area is 348 Å². The molecule has 0 saturated heterocycles. The number of aromatic nitrogens is 2. The van der Waals surface area contributed by atoms with Crippen molar-refractivity contribution in [1.29, 1.82) is 0 Å². The maximum Gasteiger partial charge on any atom is 0.337 e. The van der Waals surface area contributed by atoms with Crippen LogP contribution in [0.1, 0.15) is 57.8 Å². The first-order valence-corrected chi connectivity index (χ1v) is 18.0. The number of aryl methyl sites for hydroxylation is 1. The van der Waals surface area contributed by atoms with E-state index in [1.54, 1.807) is 43.3 Å². The van der Waals surface area contributed by atoms with Gasteiger partial charge >= 0.3 is 11.7 Å². The topological polar surface area (TPSA) is 292 Å². The number of nitrogens with zero attached hydrogens (tertiary/aromatic N) is 5. The molecular weight excluding hydrogens is 827 g/mol. The fourth-order valence-corrected chi connectivity index (χ4v) is 5.90. The Morgan fingerprint density at radius 2 is 1.12 bits per heavy atom. The monoisotopic (exact) mass is 860 g/mol. The van der Waals surface area contributed by atoms with Crippen molar-refractivity contribution in [3.63, 3.8) is 0 Å². The van der Waals surface area contributed by atoms with Crippen molar-refractivity contribution < 1.29 is 29.5 Å². The van der Waals surface area contributed by atoms with Crippen LogP contribution in [0.15, 0.2) is 113 Å². The van der Waals surface area contributed by atoms with E-state index >= 15 is 0 Å². The Balaban J connectivity index is 0.000000208. The normalized spacial score (nSPS) is 11.5. The molecule has 1 heterocycles. The second-order valence-corrected chi connectivity index (χ2v) is 13.7. The van der Waals surface area contributed by atoms with E-state index in [9.17, 15) is 49.5 Å². The van der Waals surface area contributed by atoms with Crippen LogP contribution in [0.5, 0.6) is 0 Å². The number of non-ortho nitro benzene ring substituents is 3. The number of carboxylic acids is 1. The molecule has 310 valence electrons. The summed E-state index contributed by atoms with van der Waals surface area (Å²) in [6, 6.07) is 24.1. The molecule has 6 aromatic rings. The molecule has 0 spiro atoms. The zero-order chi connectivity index (χ0) is 44.6. The molecule has 0 unspecified atom stereocenters. The molecule has 0 radical (unpaired) electrons. The van der Waals surface area contributed by atoms with Gasteiger partial charge in [0.15, 0.2) is 0 Å². The SMILES string of the molecule is C[C@@H](NC(=O)c1ccc([N+](=O)[O-])cc1N)c1ccc(Cl)cc1.C[C@H](c1ccc(Cl)cc1)n1c(=O)c2ccc([N+](=O)[O-])cc2n(C)c1=O.Nc1cc([N+](=O)[O-])ccc1C(=O)O. The second-order valence-electron chi connectivity index (χ2n) is 12.8. The molecule has 6 N–H and O–H groups in total. The predicted molar refractivity (Wildman–Crippen MR) is 225 cm³/mol. The van der Waals surface area contributed by atoms with Gasteiger partial charge in [0, 0.05) is 53.5 Å². The maximum atomic E-state index is 12.8. The molecule has 2 atom stereocenters. The lowest BCUT2D eigenvalue weighted by Crippen LogP contribution is -2.41. The van der Waals surface area contributed by atoms with Gasteiger partial charge < -0.3 is 21.9 Å². The zero-order valence-electron chi connectivity index (χ0n) is 31.6. The molecule has 1 amide bonds. The summed E-state index contributed by atoms with van der Waals surface area (Å²) in [4.78, 5) is 78.3. The summed E-state index contributed by atoms with van der Waals surface area (Å²) in [7, 11) is 1.49. The molecule has 0 bridgehead atoms. The van der Waals surface area contributed by atoms with Gasteiger partial charge in [0.05, 0.1) is 60.3 Å². The number of halogens is 2. The first-order chi connectivity index (χ1) is 28.2. The number of anilines is 2. The van der Waals surface area contributed by atoms with E-state index in [2.05, 4.69) is 5.32 Å². The third-order valence-corrected chi connectivity index (χ3v) is 9.42. The van der Waals surface area contributed by atoms with E-state index in [1.165, 1.54) is 48.0 Å². The highest BCUT2D eigenvalue weighted by Gasteiger charge is 2.20. The highest BCUT2D eigenvalue weighted by molar-refractivity contribution is 6.30. The molecule has 0 aliphatic carbocycles. The molecule has 21 heteroatoms. The molecule has 60 heavy (non-hydrogen) atoms. The molecule has 0 fully saturated rings. The van der Waals surface area contributed by atoms with Crippen molar-refractivity contribution in [2.24, 2.45) is 7.05 Å². The second kappa shape index (κ2) is 19.2. The number of nitrogen functional groups attached to an aromatic ring is 2. The molecule has 1 aromatic heterocycles. The number of nitrogens with two attached hydrogens (primary N) is 2. The quantitative estimate of drug-likeness (QED) is 0.0643. The number of rotatable bonds is 9. The highest BCUT2D eigenvalue weighted by Crippen LogP contribution is 2.24. The average molecular weight is 862 g/mol. The van der Waals surface area contributed by atoms with Crippen molar-refractivity contribution in [3.05, 3.63) is 187 Å². The van der Waals surface area contributed by atoms with Gasteiger partial charge in [-0.1, -0.05) is 47.5 Å².